The Bertz CT molecular complexity index is 392. The summed E-state index contributed by atoms with van der Waals surface area (Å²) in [5, 5.41) is 6.96. The van der Waals surface area contributed by atoms with Crippen molar-refractivity contribution in [3.63, 3.8) is 0 Å². The Morgan fingerprint density at radius 2 is 2.38 bits per heavy atom. The summed E-state index contributed by atoms with van der Waals surface area (Å²) in [5.74, 6) is 0.435. The van der Waals surface area contributed by atoms with Crippen molar-refractivity contribution in [3.05, 3.63) is 12.4 Å². The molecule has 0 aromatic carbocycles. The Hall–Kier alpha value is -1.36. The number of amides is 1. The molecule has 2 rings (SSSR count). The topological polar surface area (TPSA) is 72.9 Å². The van der Waals surface area contributed by atoms with Crippen molar-refractivity contribution < 1.29 is 4.79 Å². The SMILES string of the molecule is CC(C)Cn1cc(NC(=O)C2(N)CC2)cn1. The van der Waals surface area contributed by atoms with E-state index in [1.54, 1.807) is 6.20 Å². The van der Waals surface area contributed by atoms with E-state index in [0.717, 1.165) is 25.1 Å². The zero-order valence-electron chi connectivity index (χ0n) is 9.73. The number of carbonyl (C=O) groups excluding carboxylic acids is 1. The van der Waals surface area contributed by atoms with Gasteiger partial charge >= 0.3 is 0 Å². The van der Waals surface area contributed by atoms with Crippen LogP contribution in [0.5, 0.6) is 0 Å². The van der Waals surface area contributed by atoms with Crippen molar-refractivity contribution in [2.24, 2.45) is 11.7 Å². The molecule has 0 spiro atoms. The van der Waals surface area contributed by atoms with Gasteiger partial charge in [-0.2, -0.15) is 5.10 Å². The summed E-state index contributed by atoms with van der Waals surface area (Å²) >= 11 is 0. The van der Waals surface area contributed by atoms with Gasteiger partial charge in [0.15, 0.2) is 0 Å². The highest BCUT2D eigenvalue weighted by atomic mass is 16.2. The normalized spacial score (nSPS) is 17.5. The molecule has 88 valence electrons. The monoisotopic (exact) mass is 222 g/mol. The van der Waals surface area contributed by atoms with Crippen LogP contribution >= 0.6 is 0 Å². The lowest BCUT2D eigenvalue weighted by molar-refractivity contribution is -0.118. The number of hydrogen-bond acceptors (Lipinski definition) is 3. The number of rotatable bonds is 4. The van der Waals surface area contributed by atoms with E-state index >= 15 is 0 Å². The first-order valence-electron chi connectivity index (χ1n) is 5.62. The third kappa shape index (κ3) is 2.41. The molecule has 1 saturated carbocycles. The number of aromatic nitrogens is 2. The van der Waals surface area contributed by atoms with E-state index in [0.29, 0.717) is 5.92 Å². The van der Waals surface area contributed by atoms with Crippen LogP contribution in [0.1, 0.15) is 26.7 Å². The number of nitrogens with two attached hydrogens (primary N) is 1. The van der Waals surface area contributed by atoms with Gasteiger partial charge in [0.25, 0.3) is 0 Å². The maximum atomic E-state index is 11.7. The van der Waals surface area contributed by atoms with E-state index in [4.69, 9.17) is 5.73 Å². The van der Waals surface area contributed by atoms with Gasteiger partial charge in [-0.15, -0.1) is 0 Å². The minimum absolute atomic E-state index is 0.100. The van der Waals surface area contributed by atoms with Crippen molar-refractivity contribution in [1.82, 2.24) is 9.78 Å². The fraction of sp³-hybridized carbons (Fsp3) is 0.636. The minimum atomic E-state index is -0.625. The van der Waals surface area contributed by atoms with Gasteiger partial charge in [0.05, 0.1) is 17.4 Å². The van der Waals surface area contributed by atoms with E-state index in [2.05, 4.69) is 24.3 Å². The Morgan fingerprint density at radius 3 is 2.94 bits per heavy atom. The van der Waals surface area contributed by atoms with Crippen molar-refractivity contribution in [3.8, 4) is 0 Å². The van der Waals surface area contributed by atoms with Gasteiger partial charge in [-0.05, 0) is 18.8 Å². The number of hydrogen-bond donors (Lipinski definition) is 2. The van der Waals surface area contributed by atoms with E-state index in [1.807, 2.05) is 10.9 Å². The molecule has 1 aliphatic rings. The van der Waals surface area contributed by atoms with Gasteiger partial charge < -0.3 is 11.1 Å². The Morgan fingerprint density at radius 1 is 1.69 bits per heavy atom. The number of nitrogens with one attached hydrogen (secondary N) is 1. The van der Waals surface area contributed by atoms with Gasteiger partial charge in [-0.3, -0.25) is 9.48 Å². The Balaban J connectivity index is 1.95. The smallest absolute Gasteiger partial charge is 0.244 e. The van der Waals surface area contributed by atoms with Gasteiger partial charge in [-0.1, -0.05) is 13.8 Å². The summed E-state index contributed by atoms with van der Waals surface area (Å²) < 4.78 is 1.83. The molecule has 0 radical (unpaired) electrons. The molecule has 0 bridgehead atoms. The molecular formula is C11H18N4O. The lowest BCUT2D eigenvalue weighted by Gasteiger charge is -2.07. The summed E-state index contributed by atoms with van der Waals surface area (Å²) in [5.41, 5.74) is 5.89. The quantitative estimate of drug-likeness (QED) is 0.797. The molecule has 1 fully saturated rings. The first-order chi connectivity index (χ1) is 7.49. The van der Waals surface area contributed by atoms with Gasteiger partial charge in [0, 0.05) is 12.7 Å². The second-order valence-electron chi connectivity index (χ2n) is 4.96. The minimum Gasteiger partial charge on any atom is -0.322 e. The molecule has 1 aliphatic carbocycles. The average Bonchev–Trinajstić information content (AvgIpc) is 2.79. The van der Waals surface area contributed by atoms with Crippen LogP contribution in [-0.4, -0.2) is 21.2 Å². The summed E-state index contributed by atoms with van der Waals surface area (Å²) in [6.07, 6.45) is 5.05. The first-order valence-corrected chi connectivity index (χ1v) is 5.62. The molecule has 1 aromatic heterocycles. The molecule has 3 N–H and O–H groups in total. The van der Waals surface area contributed by atoms with Crippen LogP contribution in [0.2, 0.25) is 0 Å². The molecular weight excluding hydrogens is 204 g/mol. The van der Waals surface area contributed by atoms with Gasteiger partial charge in [0.1, 0.15) is 0 Å². The molecule has 0 aliphatic heterocycles. The molecule has 5 heteroatoms. The molecule has 16 heavy (non-hydrogen) atoms. The largest absolute Gasteiger partial charge is 0.322 e. The molecule has 1 amide bonds. The number of nitrogens with zero attached hydrogens (tertiary/aromatic N) is 2. The van der Waals surface area contributed by atoms with Crippen molar-refractivity contribution >= 4 is 11.6 Å². The van der Waals surface area contributed by atoms with E-state index in [-0.39, 0.29) is 5.91 Å². The lowest BCUT2D eigenvalue weighted by atomic mass is 10.2. The van der Waals surface area contributed by atoms with Crippen LogP contribution in [0, 0.1) is 5.92 Å². The third-order valence-electron chi connectivity index (χ3n) is 2.68. The summed E-state index contributed by atoms with van der Waals surface area (Å²) in [4.78, 5) is 11.7. The van der Waals surface area contributed by atoms with E-state index in [1.165, 1.54) is 0 Å². The fourth-order valence-corrected chi connectivity index (χ4v) is 1.52. The zero-order chi connectivity index (χ0) is 11.8. The van der Waals surface area contributed by atoms with Crippen LogP contribution in [0.25, 0.3) is 0 Å². The average molecular weight is 222 g/mol. The van der Waals surface area contributed by atoms with Crippen molar-refractivity contribution in [2.75, 3.05) is 5.32 Å². The highest BCUT2D eigenvalue weighted by Gasteiger charge is 2.46. The van der Waals surface area contributed by atoms with Crippen LogP contribution in [0.15, 0.2) is 12.4 Å². The predicted octanol–water partition coefficient (Wildman–Crippen LogP) is 0.969. The maximum Gasteiger partial charge on any atom is 0.244 e. The lowest BCUT2D eigenvalue weighted by Crippen LogP contribution is -2.37. The summed E-state index contributed by atoms with van der Waals surface area (Å²) in [6, 6.07) is 0. The summed E-state index contributed by atoms with van der Waals surface area (Å²) in [6.45, 7) is 5.10. The number of carbonyl (C=O) groups is 1. The molecule has 0 unspecified atom stereocenters. The van der Waals surface area contributed by atoms with Gasteiger partial charge in [0.2, 0.25) is 5.91 Å². The zero-order valence-corrected chi connectivity index (χ0v) is 9.73. The molecule has 0 saturated heterocycles. The van der Waals surface area contributed by atoms with Crippen molar-refractivity contribution in [2.45, 2.75) is 38.8 Å². The molecule has 0 atom stereocenters. The Labute approximate surface area is 95.0 Å². The fourth-order valence-electron chi connectivity index (χ4n) is 1.52. The highest BCUT2D eigenvalue weighted by Crippen LogP contribution is 2.33. The number of anilines is 1. The Kier molecular flexibility index (Phi) is 2.71. The standard InChI is InChI=1S/C11H18N4O/c1-8(2)6-15-7-9(5-13-15)14-10(16)11(12)3-4-11/h5,7-8H,3-4,6,12H2,1-2H3,(H,14,16). The first kappa shape index (κ1) is 11.1. The van der Waals surface area contributed by atoms with Crippen molar-refractivity contribution in [1.29, 1.82) is 0 Å². The van der Waals surface area contributed by atoms with Crippen LogP contribution in [-0.2, 0) is 11.3 Å². The third-order valence-corrected chi connectivity index (χ3v) is 2.68. The predicted molar refractivity (Wildman–Crippen MR) is 61.8 cm³/mol. The second-order valence-corrected chi connectivity index (χ2v) is 4.96. The molecule has 5 nitrogen and oxygen atoms in total. The van der Waals surface area contributed by atoms with Crippen LogP contribution in [0.4, 0.5) is 5.69 Å². The van der Waals surface area contributed by atoms with Crippen LogP contribution in [0.3, 0.4) is 0 Å². The second kappa shape index (κ2) is 3.90. The summed E-state index contributed by atoms with van der Waals surface area (Å²) in [7, 11) is 0. The molecule has 1 aromatic rings. The van der Waals surface area contributed by atoms with E-state index < -0.39 is 5.54 Å². The van der Waals surface area contributed by atoms with E-state index in [9.17, 15) is 4.79 Å². The van der Waals surface area contributed by atoms with Gasteiger partial charge in [-0.25, -0.2) is 0 Å². The highest BCUT2D eigenvalue weighted by molar-refractivity contribution is 5.99. The van der Waals surface area contributed by atoms with Crippen LogP contribution < -0.4 is 11.1 Å². The molecule has 1 heterocycles. The maximum absolute atomic E-state index is 11.7.